The molecule has 0 aromatic heterocycles. The molecule has 0 aliphatic heterocycles. The van der Waals surface area contributed by atoms with Gasteiger partial charge in [-0.25, -0.2) is 0 Å². The minimum Gasteiger partial charge on any atom is -0.480 e. The summed E-state index contributed by atoms with van der Waals surface area (Å²) in [5, 5.41) is 7.60. The zero-order valence-corrected chi connectivity index (χ0v) is 7.03. The van der Waals surface area contributed by atoms with Crippen molar-refractivity contribution in [3.63, 3.8) is 0 Å². The van der Waals surface area contributed by atoms with E-state index >= 15 is 0 Å². The third-order valence-corrected chi connectivity index (χ3v) is 0.175. The molecule has 0 aromatic carbocycles. The van der Waals surface area contributed by atoms with Gasteiger partial charge in [0.2, 0.25) is 0 Å². The molecule has 70 valence electrons. The number of carbonyl (C=O) groups is 1. The van der Waals surface area contributed by atoms with Crippen LogP contribution in [0.2, 0.25) is 0 Å². The van der Waals surface area contributed by atoms with Gasteiger partial charge < -0.3 is 10.8 Å². The molecule has 7 nitrogen and oxygen atoms in total. The van der Waals surface area contributed by atoms with E-state index in [2.05, 4.69) is 5.73 Å². The molecule has 0 aliphatic carbocycles. The molecule has 9 heteroatoms. The maximum atomic E-state index is 9.24. The zero-order valence-electron chi connectivity index (χ0n) is 5.11. The van der Waals surface area contributed by atoms with Crippen LogP contribution in [0.5, 0.6) is 0 Å². The molecule has 0 atom stereocenters. The smallest absolute Gasteiger partial charge is 0.394 e. The molecule has 0 rings (SSSR count). The Hall–Kier alpha value is -0.181. The average molecular weight is 229 g/mol. The molecule has 0 saturated heterocycles. The number of hydrogen-bond donors (Lipinski definition) is 4. The van der Waals surface area contributed by atoms with Gasteiger partial charge in [-0.15, -0.1) is 0 Å². The Morgan fingerprint density at radius 1 is 1.36 bits per heavy atom. The van der Waals surface area contributed by atoms with Crippen molar-refractivity contribution in [3.05, 3.63) is 0 Å². The SMILES string of the molecule is NCC(=O)O.O=S(=O)(O)O.[Fe]. The van der Waals surface area contributed by atoms with Gasteiger partial charge in [-0.2, -0.15) is 8.42 Å². The Morgan fingerprint density at radius 2 is 1.45 bits per heavy atom. The van der Waals surface area contributed by atoms with Crippen molar-refractivity contribution >= 4 is 16.4 Å². The van der Waals surface area contributed by atoms with Gasteiger partial charge in [0.05, 0.1) is 6.54 Å². The first-order chi connectivity index (χ1) is 4.27. The Morgan fingerprint density at radius 3 is 1.45 bits per heavy atom. The molecule has 0 spiro atoms. The van der Waals surface area contributed by atoms with Crippen molar-refractivity contribution < 1.29 is 44.5 Å². The molecular formula is C2H7FeNO6S. The first kappa shape index (κ1) is 17.1. The molecule has 0 bridgehead atoms. The van der Waals surface area contributed by atoms with Crippen molar-refractivity contribution in [1.82, 2.24) is 0 Å². The maximum Gasteiger partial charge on any atom is 0.394 e. The number of carboxylic acid groups (broad SMARTS) is 1. The number of rotatable bonds is 1. The van der Waals surface area contributed by atoms with Crippen LogP contribution in [0, 0.1) is 0 Å². The molecule has 5 N–H and O–H groups in total. The molecule has 0 aliphatic rings. The van der Waals surface area contributed by atoms with Gasteiger partial charge in [0.1, 0.15) is 0 Å². The maximum absolute atomic E-state index is 9.24. The standard InChI is InChI=1S/C2H5NO2.Fe.H2O4S/c3-1-2(4)5;;1-5(2,3)4/h1,3H2,(H,4,5);;(H2,1,2,3,4). The van der Waals surface area contributed by atoms with Gasteiger partial charge >= 0.3 is 16.4 Å². The fourth-order valence-electron chi connectivity index (χ4n) is 0. The Kier molecular flexibility index (Phi) is 12.3. The van der Waals surface area contributed by atoms with Crippen LogP contribution in [0.4, 0.5) is 0 Å². The van der Waals surface area contributed by atoms with Gasteiger partial charge in [0, 0.05) is 17.1 Å². The van der Waals surface area contributed by atoms with Gasteiger partial charge in [0.15, 0.2) is 0 Å². The molecule has 0 saturated carbocycles. The minimum atomic E-state index is -4.67. The summed E-state index contributed by atoms with van der Waals surface area (Å²) in [6.45, 7) is -0.278. The van der Waals surface area contributed by atoms with E-state index in [0.717, 1.165) is 0 Å². The summed E-state index contributed by atoms with van der Waals surface area (Å²) in [4.78, 5) is 9.24. The van der Waals surface area contributed by atoms with Gasteiger partial charge in [-0.05, 0) is 0 Å². The Balaban J connectivity index is -0.000000107. The Bertz CT molecular complexity index is 179. The van der Waals surface area contributed by atoms with Crippen molar-refractivity contribution in [3.8, 4) is 0 Å². The molecule has 0 fully saturated rings. The van der Waals surface area contributed by atoms with Crippen LogP contribution < -0.4 is 5.73 Å². The summed E-state index contributed by atoms with van der Waals surface area (Å²) in [6, 6.07) is 0. The molecule has 0 radical (unpaired) electrons. The van der Waals surface area contributed by atoms with Crippen LogP contribution in [0.1, 0.15) is 0 Å². The predicted octanol–water partition coefficient (Wildman–Crippen LogP) is -1.63. The van der Waals surface area contributed by atoms with Gasteiger partial charge in [0.25, 0.3) is 0 Å². The third kappa shape index (κ3) is 181. The molecular weight excluding hydrogens is 222 g/mol. The molecule has 11 heavy (non-hydrogen) atoms. The first-order valence-corrected chi connectivity index (χ1v) is 3.28. The van der Waals surface area contributed by atoms with Gasteiger partial charge in [-0.1, -0.05) is 0 Å². The molecule has 0 unspecified atom stereocenters. The number of carboxylic acids is 1. The second kappa shape index (κ2) is 7.92. The summed E-state index contributed by atoms with van der Waals surface area (Å²) >= 11 is 0. The van der Waals surface area contributed by atoms with Crippen LogP contribution >= 0.6 is 0 Å². The molecule has 0 amide bonds. The van der Waals surface area contributed by atoms with Gasteiger partial charge in [-0.3, -0.25) is 13.9 Å². The van der Waals surface area contributed by atoms with Crippen LogP contribution in [0.15, 0.2) is 0 Å². The second-order valence-electron chi connectivity index (χ2n) is 1.05. The summed E-state index contributed by atoms with van der Waals surface area (Å²) < 4.78 is 31.6. The predicted molar refractivity (Wildman–Crippen MR) is 30.9 cm³/mol. The largest absolute Gasteiger partial charge is 0.480 e. The van der Waals surface area contributed by atoms with E-state index in [4.69, 9.17) is 22.6 Å². The topological polar surface area (TPSA) is 138 Å². The van der Waals surface area contributed by atoms with E-state index in [-0.39, 0.29) is 23.6 Å². The van der Waals surface area contributed by atoms with E-state index in [9.17, 15) is 4.79 Å². The fourth-order valence-corrected chi connectivity index (χ4v) is 0. The first-order valence-electron chi connectivity index (χ1n) is 1.89. The van der Waals surface area contributed by atoms with E-state index in [1.54, 1.807) is 0 Å². The van der Waals surface area contributed by atoms with E-state index in [1.165, 1.54) is 0 Å². The van der Waals surface area contributed by atoms with Crippen LogP contribution in [-0.4, -0.2) is 35.1 Å². The van der Waals surface area contributed by atoms with Crippen LogP contribution in [0.25, 0.3) is 0 Å². The fraction of sp³-hybridized carbons (Fsp3) is 0.500. The van der Waals surface area contributed by atoms with E-state index in [1.807, 2.05) is 0 Å². The van der Waals surface area contributed by atoms with Crippen molar-refractivity contribution in [2.45, 2.75) is 0 Å². The monoisotopic (exact) mass is 229 g/mol. The van der Waals surface area contributed by atoms with Crippen molar-refractivity contribution in [1.29, 1.82) is 0 Å². The van der Waals surface area contributed by atoms with Crippen LogP contribution in [-0.2, 0) is 32.3 Å². The summed E-state index contributed by atoms with van der Waals surface area (Å²) in [5.41, 5.74) is 4.57. The van der Waals surface area contributed by atoms with Crippen LogP contribution in [0.3, 0.4) is 0 Å². The average Bonchev–Trinajstić information content (AvgIpc) is 1.61. The number of hydrogen-bond acceptors (Lipinski definition) is 4. The number of aliphatic carboxylic acids is 1. The van der Waals surface area contributed by atoms with E-state index < -0.39 is 16.4 Å². The molecule has 0 heterocycles. The summed E-state index contributed by atoms with van der Waals surface area (Å²) in [7, 11) is -4.67. The second-order valence-corrected chi connectivity index (χ2v) is 1.94. The summed E-state index contributed by atoms with van der Waals surface area (Å²) in [6.07, 6.45) is 0. The minimum absolute atomic E-state index is 0. The van der Waals surface area contributed by atoms with Crippen molar-refractivity contribution in [2.75, 3.05) is 6.54 Å². The third-order valence-electron chi connectivity index (χ3n) is 0.175. The number of nitrogens with two attached hydrogens (primary N) is 1. The van der Waals surface area contributed by atoms with E-state index in [0.29, 0.717) is 0 Å². The normalized spacial score (nSPS) is 8.64. The Labute approximate surface area is 73.6 Å². The molecule has 0 aromatic rings. The van der Waals surface area contributed by atoms with Crippen molar-refractivity contribution in [2.24, 2.45) is 5.73 Å². The quantitative estimate of drug-likeness (QED) is 0.313. The zero-order chi connectivity index (χ0) is 8.78. The summed E-state index contributed by atoms with van der Waals surface area (Å²) in [5.74, 6) is -0.968.